The van der Waals surface area contributed by atoms with Crippen molar-refractivity contribution in [2.75, 3.05) is 5.32 Å². The topological polar surface area (TPSA) is 93.8 Å². The van der Waals surface area contributed by atoms with Gasteiger partial charge in [0.1, 0.15) is 5.01 Å². The number of amides is 1. The summed E-state index contributed by atoms with van der Waals surface area (Å²) in [4.78, 5) is 23.6. The zero-order valence-corrected chi connectivity index (χ0v) is 9.78. The summed E-state index contributed by atoms with van der Waals surface area (Å²) in [5.74, 6) is 0.108. The molecule has 88 valence electrons. The maximum Gasteiger partial charge on any atom is 0.232 e. The number of nitrogens with one attached hydrogen (secondary N) is 1. The van der Waals surface area contributed by atoms with E-state index in [0.29, 0.717) is 18.2 Å². The summed E-state index contributed by atoms with van der Waals surface area (Å²) in [6.45, 7) is 0.397. The van der Waals surface area contributed by atoms with E-state index < -0.39 is 0 Å². The molecule has 0 aliphatic carbocycles. The van der Waals surface area contributed by atoms with E-state index >= 15 is 0 Å². The van der Waals surface area contributed by atoms with Gasteiger partial charge in [-0.05, 0) is 6.07 Å². The second-order valence-electron chi connectivity index (χ2n) is 3.23. The molecular formula is C10H11N5OS. The Kier molecular flexibility index (Phi) is 3.73. The van der Waals surface area contributed by atoms with Crippen LogP contribution in [0.1, 0.15) is 10.7 Å². The van der Waals surface area contributed by atoms with Crippen molar-refractivity contribution in [2.24, 2.45) is 5.73 Å². The predicted molar refractivity (Wildman–Crippen MR) is 64.4 cm³/mol. The van der Waals surface area contributed by atoms with E-state index in [1.165, 1.54) is 11.3 Å². The van der Waals surface area contributed by atoms with E-state index in [1.807, 2.05) is 5.38 Å². The molecule has 1 amide bonds. The lowest BCUT2D eigenvalue weighted by molar-refractivity contribution is -0.115. The average Bonchev–Trinajstić information content (AvgIpc) is 2.78. The third-order valence-electron chi connectivity index (χ3n) is 1.93. The highest BCUT2D eigenvalue weighted by atomic mass is 32.1. The normalized spacial score (nSPS) is 10.2. The van der Waals surface area contributed by atoms with Crippen LogP contribution in [0.25, 0.3) is 0 Å². The Morgan fingerprint density at radius 3 is 2.82 bits per heavy atom. The number of hydrogen-bond donors (Lipinski definition) is 2. The lowest BCUT2D eigenvalue weighted by Gasteiger charge is -2.00. The van der Waals surface area contributed by atoms with Crippen LogP contribution in [0.15, 0.2) is 23.8 Å². The lowest BCUT2D eigenvalue weighted by Crippen LogP contribution is -2.16. The smallest absolute Gasteiger partial charge is 0.232 e. The van der Waals surface area contributed by atoms with E-state index in [9.17, 15) is 4.79 Å². The zero-order chi connectivity index (χ0) is 12.1. The molecule has 6 nitrogen and oxygen atoms in total. The van der Waals surface area contributed by atoms with Gasteiger partial charge in [-0.15, -0.1) is 11.3 Å². The summed E-state index contributed by atoms with van der Waals surface area (Å²) < 4.78 is 0. The first-order valence-corrected chi connectivity index (χ1v) is 5.86. The molecule has 3 N–H and O–H groups in total. The number of carbonyl (C=O) groups excluding carboxylic acids is 1. The van der Waals surface area contributed by atoms with Gasteiger partial charge in [0, 0.05) is 24.3 Å². The highest BCUT2D eigenvalue weighted by Crippen LogP contribution is 2.09. The first kappa shape index (κ1) is 11.6. The monoisotopic (exact) mass is 249 g/mol. The highest BCUT2D eigenvalue weighted by Gasteiger charge is 2.08. The van der Waals surface area contributed by atoms with Crippen LogP contribution in [-0.4, -0.2) is 20.9 Å². The molecular weight excluding hydrogens is 238 g/mol. The Hall–Kier alpha value is -1.86. The molecule has 0 saturated heterocycles. The lowest BCUT2D eigenvalue weighted by atomic mass is 10.3. The minimum Gasteiger partial charge on any atom is -0.325 e. The highest BCUT2D eigenvalue weighted by molar-refractivity contribution is 7.09. The van der Waals surface area contributed by atoms with Crippen LogP contribution in [-0.2, 0) is 17.8 Å². The molecule has 0 aromatic carbocycles. The maximum absolute atomic E-state index is 11.6. The van der Waals surface area contributed by atoms with Crippen LogP contribution in [0.2, 0.25) is 0 Å². The van der Waals surface area contributed by atoms with Gasteiger partial charge in [0.05, 0.1) is 12.1 Å². The number of carbonyl (C=O) groups is 1. The minimum absolute atomic E-state index is 0.190. The molecule has 7 heteroatoms. The van der Waals surface area contributed by atoms with Crippen molar-refractivity contribution in [3.05, 3.63) is 34.5 Å². The van der Waals surface area contributed by atoms with Gasteiger partial charge in [-0.3, -0.25) is 10.1 Å². The fraction of sp³-hybridized carbons (Fsp3) is 0.200. The van der Waals surface area contributed by atoms with Crippen LogP contribution in [0.4, 0.5) is 5.95 Å². The van der Waals surface area contributed by atoms with Crippen molar-refractivity contribution in [3.8, 4) is 0 Å². The molecule has 0 aliphatic heterocycles. The van der Waals surface area contributed by atoms with E-state index in [1.54, 1.807) is 18.5 Å². The van der Waals surface area contributed by atoms with Gasteiger partial charge in [-0.25, -0.2) is 15.0 Å². The number of nitrogens with two attached hydrogens (primary N) is 1. The van der Waals surface area contributed by atoms with Gasteiger partial charge in [0.15, 0.2) is 0 Å². The van der Waals surface area contributed by atoms with Crippen LogP contribution in [0.3, 0.4) is 0 Å². The second-order valence-corrected chi connectivity index (χ2v) is 4.18. The van der Waals surface area contributed by atoms with Crippen molar-refractivity contribution in [1.82, 2.24) is 15.0 Å². The SMILES string of the molecule is NCc1nc(CC(=O)Nc2ncccn2)cs1. The summed E-state index contributed by atoms with van der Waals surface area (Å²) in [7, 11) is 0. The van der Waals surface area contributed by atoms with Gasteiger partial charge >= 0.3 is 0 Å². The molecule has 0 radical (unpaired) electrons. The number of rotatable bonds is 4. The molecule has 17 heavy (non-hydrogen) atoms. The van der Waals surface area contributed by atoms with E-state index in [0.717, 1.165) is 5.01 Å². The summed E-state index contributed by atoms with van der Waals surface area (Å²) in [5.41, 5.74) is 6.16. The largest absolute Gasteiger partial charge is 0.325 e. The van der Waals surface area contributed by atoms with Gasteiger partial charge < -0.3 is 5.73 Å². The average molecular weight is 249 g/mol. The third kappa shape index (κ3) is 3.30. The van der Waals surface area contributed by atoms with Crippen LogP contribution in [0.5, 0.6) is 0 Å². The van der Waals surface area contributed by atoms with Crippen LogP contribution >= 0.6 is 11.3 Å². The summed E-state index contributed by atoms with van der Waals surface area (Å²) in [5, 5.41) is 5.24. The molecule has 2 aromatic heterocycles. The summed E-state index contributed by atoms with van der Waals surface area (Å²) in [6.07, 6.45) is 3.34. The van der Waals surface area contributed by atoms with Crippen molar-refractivity contribution in [3.63, 3.8) is 0 Å². The van der Waals surface area contributed by atoms with Gasteiger partial charge in [0.2, 0.25) is 11.9 Å². The molecule has 2 aromatic rings. The number of anilines is 1. The molecule has 0 aliphatic rings. The fourth-order valence-corrected chi connectivity index (χ4v) is 1.90. The third-order valence-corrected chi connectivity index (χ3v) is 2.85. The predicted octanol–water partition coefficient (Wildman–Crippen LogP) is 0.573. The van der Waals surface area contributed by atoms with E-state index in [-0.39, 0.29) is 12.3 Å². The molecule has 0 spiro atoms. The first-order valence-electron chi connectivity index (χ1n) is 4.98. The molecule has 0 fully saturated rings. The Labute approximate surface area is 102 Å². The van der Waals surface area contributed by atoms with Crippen LogP contribution < -0.4 is 11.1 Å². The van der Waals surface area contributed by atoms with Gasteiger partial charge in [-0.1, -0.05) is 0 Å². The molecule has 0 unspecified atom stereocenters. The summed E-state index contributed by atoms with van der Waals surface area (Å²) >= 11 is 1.45. The number of thiazole rings is 1. The van der Waals surface area contributed by atoms with E-state index in [4.69, 9.17) is 5.73 Å². The molecule has 0 bridgehead atoms. The molecule has 2 heterocycles. The first-order chi connectivity index (χ1) is 8.28. The Morgan fingerprint density at radius 1 is 1.41 bits per heavy atom. The maximum atomic E-state index is 11.6. The van der Waals surface area contributed by atoms with E-state index in [2.05, 4.69) is 20.3 Å². The minimum atomic E-state index is -0.190. The standard InChI is InChI=1S/C10H11N5OS/c11-5-9-14-7(6-17-9)4-8(16)15-10-12-2-1-3-13-10/h1-3,6H,4-5,11H2,(H,12,13,15,16). The van der Waals surface area contributed by atoms with Gasteiger partial charge in [-0.2, -0.15) is 0 Å². The van der Waals surface area contributed by atoms with Crippen molar-refractivity contribution in [1.29, 1.82) is 0 Å². The molecule has 0 atom stereocenters. The zero-order valence-electron chi connectivity index (χ0n) is 8.96. The second kappa shape index (κ2) is 5.46. The number of hydrogen-bond acceptors (Lipinski definition) is 6. The van der Waals surface area contributed by atoms with Crippen molar-refractivity contribution in [2.45, 2.75) is 13.0 Å². The van der Waals surface area contributed by atoms with Crippen molar-refractivity contribution < 1.29 is 4.79 Å². The number of nitrogens with zero attached hydrogens (tertiary/aromatic N) is 3. The molecule has 2 rings (SSSR count). The fourth-order valence-electron chi connectivity index (χ4n) is 1.22. The van der Waals surface area contributed by atoms with Gasteiger partial charge in [0.25, 0.3) is 0 Å². The Bertz CT molecular complexity index is 498. The Morgan fingerprint density at radius 2 is 2.18 bits per heavy atom. The summed E-state index contributed by atoms with van der Waals surface area (Å²) in [6, 6.07) is 1.68. The van der Waals surface area contributed by atoms with Crippen molar-refractivity contribution >= 4 is 23.2 Å². The quantitative estimate of drug-likeness (QED) is 0.826. The Balaban J connectivity index is 1.93. The number of aromatic nitrogens is 3. The molecule has 0 saturated carbocycles. The van der Waals surface area contributed by atoms with Crippen LogP contribution in [0, 0.1) is 0 Å².